The van der Waals surface area contributed by atoms with Crippen LogP contribution in [0.2, 0.25) is 0 Å². The Morgan fingerprint density at radius 2 is 1.80 bits per heavy atom. The molecule has 2 heteroatoms. The lowest BCUT2D eigenvalue weighted by molar-refractivity contribution is 0.617. The van der Waals surface area contributed by atoms with Gasteiger partial charge in [0.25, 0.3) is 0 Å². The molecule has 1 aromatic carbocycles. The Labute approximate surface area is 59.7 Å². The Kier molecular flexibility index (Phi) is 1.62. The maximum atomic E-state index is 12.7. The van der Waals surface area contributed by atoms with Crippen molar-refractivity contribution in [2.24, 2.45) is 0 Å². The predicted octanol–water partition coefficient (Wildman–Crippen LogP) is 2.02. The van der Waals surface area contributed by atoms with Crippen LogP contribution in [0.25, 0.3) is 0 Å². The van der Waals surface area contributed by atoms with E-state index in [1.807, 2.05) is 6.92 Å². The zero-order valence-corrected chi connectivity index (χ0v) is 6.11. The van der Waals surface area contributed by atoms with Gasteiger partial charge in [-0.3, -0.25) is 0 Å². The molecule has 0 heterocycles. The number of anilines is 1. The van der Waals surface area contributed by atoms with Crippen LogP contribution in [0, 0.1) is 19.7 Å². The molecule has 0 unspecified atom stereocenters. The van der Waals surface area contributed by atoms with Gasteiger partial charge in [0.2, 0.25) is 0 Å². The van der Waals surface area contributed by atoms with Crippen molar-refractivity contribution < 1.29 is 4.39 Å². The van der Waals surface area contributed by atoms with Crippen LogP contribution in [0.5, 0.6) is 0 Å². The fourth-order valence-electron chi connectivity index (χ4n) is 0.809. The smallest absolute Gasteiger partial charge is 0.126 e. The number of nitrogen functional groups attached to an aromatic ring is 1. The summed E-state index contributed by atoms with van der Waals surface area (Å²) in [5.41, 5.74) is 7.65. The van der Waals surface area contributed by atoms with Gasteiger partial charge in [-0.15, -0.1) is 0 Å². The Hall–Kier alpha value is -1.05. The van der Waals surface area contributed by atoms with Crippen molar-refractivity contribution in [2.45, 2.75) is 13.8 Å². The molecule has 0 radical (unpaired) electrons. The largest absolute Gasteiger partial charge is 0.399 e. The molecule has 1 nitrogen and oxygen atoms in total. The van der Waals surface area contributed by atoms with Crippen LogP contribution in [-0.4, -0.2) is 0 Å². The van der Waals surface area contributed by atoms with E-state index in [9.17, 15) is 4.39 Å². The minimum Gasteiger partial charge on any atom is -0.399 e. The van der Waals surface area contributed by atoms with Gasteiger partial charge in [-0.2, -0.15) is 0 Å². The fraction of sp³-hybridized carbons (Fsp3) is 0.250. The third-order valence-corrected chi connectivity index (χ3v) is 1.76. The first-order valence-electron chi connectivity index (χ1n) is 3.14. The Morgan fingerprint density at radius 1 is 1.20 bits per heavy atom. The lowest BCUT2D eigenvalue weighted by Crippen LogP contribution is -1.94. The lowest BCUT2D eigenvalue weighted by atomic mass is 10.1. The molecule has 0 aliphatic carbocycles. The van der Waals surface area contributed by atoms with Gasteiger partial charge in [0.15, 0.2) is 0 Å². The molecular formula is C8H10FN. The second-order valence-corrected chi connectivity index (χ2v) is 2.39. The highest BCUT2D eigenvalue weighted by molar-refractivity contribution is 5.49. The monoisotopic (exact) mass is 139 g/mol. The molecule has 0 spiro atoms. The van der Waals surface area contributed by atoms with E-state index in [0.29, 0.717) is 11.3 Å². The highest BCUT2D eigenvalue weighted by atomic mass is 19.1. The number of rotatable bonds is 0. The van der Waals surface area contributed by atoms with Crippen molar-refractivity contribution in [3.63, 3.8) is 0 Å². The molecular weight excluding hydrogens is 129 g/mol. The van der Waals surface area contributed by atoms with E-state index in [4.69, 9.17) is 5.73 Å². The molecule has 0 saturated heterocycles. The molecule has 54 valence electrons. The van der Waals surface area contributed by atoms with Crippen LogP contribution in [0.1, 0.15) is 11.1 Å². The predicted molar refractivity (Wildman–Crippen MR) is 40.3 cm³/mol. The number of benzene rings is 1. The van der Waals surface area contributed by atoms with E-state index in [1.165, 1.54) is 6.07 Å². The van der Waals surface area contributed by atoms with Gasteiger partial charge >= 0.3 is 0 Å². The van der Waals surface area contributed by atoms with Crippen LogP contribution in [0.15, 0.2) is 12.1 Å². The molecule has 1 rings (SSSR count). The molecule has 0 fully saturated rings. The van der Waals surface area contributed by atoms with E-state index >= 15 is 0 Å². The summed E-state index contributed by atoms with van der Waals surface area (Å²) in [6.45, 7) is 3.54. The molecule has 0 amide bonds. The van der Waals surface area contributed by atoms with Gasteiger partial charge in [0.05, 0.1) is 0 Å². The van der Waals surface area contributed by atoms with E-state index in [-0.39, 0.29) is 5.82 Å². The standard InChI is InChI=1S/C8H10FN/c1-5-6(2)8(10)4-3-7(5)9/h3-4H,10H2,1-2H3. The van der Waals surface area contributed by atoms with Crippen molar-refractivity contribution in [1.82, 2.24) is 0 Å². The van der Waals surface area contributed by atoms with Gasteiger partial charge in [-0.05, 0) is 37.1 Å². The normalized spacial score (nSPS) is 9.90. The second-order valence-electron chi connectivity index (χ2n) is 2.39. The van der Waals surface area contributed by atoms with Gasteiger partial charge in [0.1, 0.15) is 5.82 Å². The molecule has 0 aliphatic heterocycles. The Morgan fingerprint density at radius 3 is 2.30 bits per heavy atom. The quantitative estimate of drug-likeness (QED) is 0.547. The number of hydrogen-bond donors (Lipinski definition) is 1. The topological polar surface area (TPSA) is 26.0 Å². The van der Waals surface area contributed by atoms with Crippen LogP contribution in [0.4, 0.5) is 10.1 Å². The maximum Gasteiger partial charge on any atom is 0.126 e. The van der Waals surface area contributed by atoms with Gasteiger partial charge < -0.3 is 5.73 Å². The number of nitrogens with two attached hydrogens (primary N) is 1. The molecule has 2 N–H and O–H groups in total. The minimum absolute atomic E-state index is 0.188. The summed E-state index contributed by atoms with van der Waals surface area (Å²) in [6.07, 6.45) is 0. The van der Waals surface area contributed by atoms with Crippen LogP contribution < -0.4 is 5.73 Å². The lowest BCUT2D eigenvalue weighted by Gasteiger charge is -2.03. The van der Waals surface area contributed by atoms with Gasteiger partial charge in [0, 0.05) is 5.69 Å². The second kappa shape index (κ2) is 2.29. The van der Waals surface area contributed by atoms with Gasteiger partial charge in [-0.1, -0.05) is 0 Å². The van der Waals surface area contributed by atoms with Crippen molar-refractivity contribution >= 4 is 5.69 Å². The molecule has 0 aromatic heterocycles. The summed E-state index contributed by atoms with van der Waals surface area (Å²) in [7, 11) is 0. The molecule has 1 aromatic rings. The summed E-state index contributed by atoms with van der Waals surface area (Å²) in [5.74, 6) is -0.188. The maximum absolute atomic E-state index is 12.7. The zero-order valence-electron chi connectivity index (χ0n) is 6.11. The van der Waals surface area contributed by atoms with E-state index in [1.54, 1.807) is 13.0 Å². The third-order valence-electron chi connectivity index (χ3n) is 1.76. The molecule has 0 atom stereocenters. The average Bonchev–Trinajstić information content (AvgIpc) is 1.93. The van der Waals surface area contributed by atoms with Crippen molar-refractivity contribution in [3.05, 3.63) is 29.1 Å². The number of halogens is 1. The van der Waals surface area contributed by atoms with Crippen molar-refractivity contribution in [1.29, 1.82) is 0 Å². The summed E-state index contributed by atoms with van der Waals surface area (Å²) < 4.78 is 12.7. The van der Waals surface area contributed by atoms with Crippen LogP contribution in [-0.2, 0) is 0 Å². The summed E-state index contributed by atoms with van der Waals surface area (Å²) >= 11 is 0. The summed E-state index contributed by atoms with van der Waals surface area (Å²) in [6, 6.07) is 2.97. The fourth-order valence-corrected chi connectivity index (χ4v) is 0.809. The first-order chi connectivity index (χ1) is 4.63. The Balaban J connectivity index is 3.34. The first kappa shape index (κ1) is 7.06. The van der Waals surface area contributed by atoms with Crippen molar-refractivity contribution in [2.75, 3.05) is 5.73 Å². The SMILES string of the molecule is Cc1c(N)ccc(F)c1C. The average molecular weight is 139 g/mol. The van der Waals surface area contributed by atoms with Gasteiger partial charge in [-0.25, -0.2) is 4.39 Å². The number of hydrogen-bond acceptors (Lipinski definition) is 1. The highest BCUT2D eigenvalue weighted by Gasteiger charge is 2.01. The summed E-state index contributed by atoms with van der Waals surface area (Å²) in [4.78, 5) is 0. The van der Waals surface area contributed by atoms with Crippen LogP contribution >= 0.6 is 0 Å². The molecule has 0 saturated carbocycles. The summed E-state index contributed by atoms with van der Waals surface area (Å²) in [5, 5.41) is 0. The molecule has 0 bridgehead atoms. The van der Waals surface area contributed by atoms with E-state index in [0.717, 1.165) is 5.56 Å². The zero-order chi connectivity index (χ0) is 7.72. The van der Waals surface area contributed by atoms with Crippen molar-refractivity contribution in [3.8, 4) is 0 Å². The molecule has 0 aliphatic rings. The Bertz CT molecular complexity index is 229. The third kappa shape index (κ3) is 0.967. The first-order valence-corrected chi connectivity index (χ1v) is 3.14. The van der Waals surface area contributed by atoms with Crippen LogP contribution in [0.3, 0.4) is 0 Å². The van der Waals surface area contributed by atoms with E-state index < -0.39 is 0 Å². The molecule has 10 heavy (non-hydrogen) atoms. The minimum atomic E-state index is -0.188. The highest BCUT2D eigenvalue weighted by Crippen LogP contribution is 2.17. The van der Waals surface area contributed by atoms with E-state index in [2.05, 4.69) is 0 Å².